The van der Waals surface area contributed by atoms with Crippen LogP contribution in [0.1, 0.15) is 56.5 Å². The van der Waals surface area contributed by atoms with E-state index >= 15 is 0 Å². The molecule has 0 bridgehead atoms. The number of nitrogens with zero attached hydrogens (tertiary/aromatic N) is 2. The van der Waals surface area contributed by atoms with E-state index < -0.39 is 0 Å². The predicted octanol–water partition coefficient (Wildman–Crippen LogP) is 2.90. The highest BCUT2D eigenvalue weighted by Crippen LogP contribution is 2.13. The summed E-state index contributed by atoms with van der Waals surface area (Å²) in [6.45, 7) is 9.53. The van der Waals surface area contributed by atoms with Crippen LogP contribution in [-0.2, 0) is 11.3 Å². The Labute approximate surface area is 152 Å². The highest BCUT2D eigenvalue weighted by molar-refractivity contribution is 5.93. The van der Waals surface area contributed by atoms with Crippen molar-refractivity contribution in [1.29, 1.82) is 0 Å². The van der Waals surface area contributed by atoms with Crippen LogP contribution in [0.2, 0.25) is 0 Å². The second-order valence-corrected chi connectivity index (χ2v) is 6.76. The van der Waals surface area contributed by atoms with Crippen LogP contribution < -0.4 is 5.32 Å². The first-order chi connectivity index (χ1) is 11.8. The van der Waals surface area contributed by atoms with Gasteiger partial charge in [0.2, 0.25) is 5.91 Å². The van der Waals surface area contributed by atoms with Gasteiger partial charge in [-0.25, -0.2) is 0 Å². The number of nitrogens with one attached hydrogen (secondary N) is 1. The highest BCUT2D eigenvalue weighted by Gasteiger charge is 2.24. The lowest BCUT2D eigenvalue weighted by Gasteiger charge is -2.35. The number of benzene rings is 1. The summed E-state index contributed by atoms with van der Waals surface area (Å²) in [4.78, 5) is 28.4. The smallest absolute Gasteiger partial charge is 0.251 e. The molecular weight excluding hydrogens is 314 g/mol. The Morgan fingerprint density at radius 2 is 1.56 bits per heavy atom. The molecule has 0 aromatic heterocycles. The SMILES string of the molecule is CC[C@@H](C)N(C(=O)CN(C)Cc1ccc(C(=O)NC)cc1)[C@H](C)CC. The number of hydrogen-bond donors (Lipinski definition) is 1. The van der Waals surface area contributed by atoms with Gasteiger partial charge in [-0.2, -0.15) is 0 Å². The van der Waals surface area contributed by atoms with Gasteiger partial charge in [-0.3, -0.25) is 14.5 Å². The van der Waals surface area contributed by atoms with E-state index in [-0.39, 0.29) is 23.9 Å². The summed E-state index contributed by atoms with van der Waals surface area (Å²) in [5, 5.41) is 2.61. The third-order valence-corrected chi connectivity index (χ3v) is 4.72. The van der Waals surface area contributed by atoms with Crippen LogP contribution in [0.25, 0.3) is 0 Å². The minimum absolute atomic E-state index is 0.0900. The molecule has 2 amide bonds. The van der Waals surface area contributed by atoms with Crippen molar-refractivity contribution >= 4 is 11.8 Å². The number of amides is 2. The van der Waals surface area contributed by atoms with Crippen LogP contribution in [0.15, 0.2) is 24.3 Å². The van der Waals surface area contributed by atoms with E-state index in [0.29, 0.717) is 18.7 Å². The Morgan fingerprint density at radius 3 is 2.00 bits per heavy atom. The monoisotopic (exact) mass is 347 g/mol. The summed E-state index contributed by atoms with van der Waals surface area (Å²) in [6, 6.07) is 8.01. The largest absolute Gasteiger partial charge is 0.355 e. The highest BCUT2D eigenvalue weighted by atomic mass is 16.2. The molecule has 5 nitrogen and oxygen atoms in total. The molecule has 0 spiro atoms. The van der Waals surface area contributed by atoms with E-state index in [1.807, 2.05) is 41.1 Å². The molecule has 140 valence electrons. The summed E-state index contributed by atoms with van der Waals surface area (Å²) >= 11 is 0. The third-order valence-electron chi connectivity index (χ3n) is 4.72. The minimum atomic E-state index is -0.0900. The number of rotatable bonds is 9. The molecule has 1 aromatic carbocycles. The lowest BCUT2D eigenvalue weighted by molar-refractivity contribution is -0.136. The predicted molar refractivity (Wildman–Crippen MR) is 103 cm³/mol. The maximum atomic E-state index is 12.8. The first-order valence-electron chi connectivity index (χ1n) is 9.14. The molecule has 25 heavy (non-hydrogen) atoms. The molecule has 0 saturated heterocycles. The molecule has 1 rings (SSSR count). The standard InChI is InChI=1S/C20H33N3O2/c1-7-15(3)23(16(4)8-2)19(24)14-22(6)13-17-9-11-18(12-10-17)20(25)21-5/h9-12,15-16H,7-8,13-14H2,1-6H3,(H,21,25)/t15-,16-/m1/s1. The molecule has 0 aliphatic carbocycles. The van der Waals surface area contributed by atoms with E-state index in [1.165, 1.54) is 0 Å². The fourth-order valence-electron chi connectivity index (χ4n) is 2.91. The van der Waals surface area contributed by atoms with E-state index in [2.05, 4.69) is 33.0 Å². The van der Waals surface area contributed by atoms with Crippen LogP contribution >= 0.6 is 0 Å². The van der Waals surface area contributed by atoms with Crippen molar-refractivity contribution in [3.05, 3.63) is 35.4 Å². The van der Waals surface area contributed by atoms with Gasteiger partial charge < -0.3 is 10.2 Å². The van der Waals surface area contributed by atoms with Gasteiger partial charge in [0.15, 0.2) is 0 Å². The molecule has 1 aromatic rings. The van der Waals surface area contributed by atoms with Crippen molar-refractivity contribution in [2.75, 3.05) is 20.6 Å². The summed E-state index contributed by atoms with van der Waals surface area (Å²) < 4.78 is 0. The molecule has 0 saturated carbocycles. The van der Waals surface area contributed by atoms with Gasteiger partial charge in [0.1, 0.15) is 0 Å². The molecular formula is C20H33N3O2. The van der Waals surface area contributed by atoms with Gasteiger partial charge in [0.05, 0.1) is 6.54 Å². The van der Waals surface area contributed by atoms with E-state index in [4.69, 9.17) is 0 Å². The van der Waals surface area contributed by atoms with Crippen LogP contribution in [-0.4, -0.2) is 54.3 Å². The summed E-state index contributed by atoms with van der Waals surface area (Å²) in [6.07, 6.45) is 1.92. The van der Waals surface area contributed by atoms with Crippen molar-refractivity contribution in [1.82, 2.24) is 15.1 Å². The second-order valence-electron chi connectivity index (χ2n) is 6.76. The average Bonchev–Trinajstić information content (AvgIpc) is 2.61. The van der Waals surface area contributed by atoms with E-state index in [1.54, 1.807) is 7.05 Å². The zero-order valence-corrected chi connectivity index (χ0v) is 16.5. The minimum Gasteiger partial charge on any atom is -0.355 e. The first kappa shape index (κ1) is 21.2. The van der Waals surface area contributed by atoms with Crippen LogP contribution in [0.3, 0.4) is 0 Å². The van der Waals surface area contributed by atoms with Crippen LogP contribution in [0.5, 0.6) is 0 Å². The van der Waals surface area contributed by atoms with Gasteiger partial charge in [0, 0.05) is 31.2 Å². The summed E-state index contributed by atoms with van der Waals surface area (Å²) in [5.41, 5.74) is 1.73. The maximum Gasteiger partial charge on any atom is 0.251 e. The van der Waals surface area contributed by atoms with Gasteiger partial charge in [-0.15, -0.1) is 0 Å². The lowest BCUT2D eigenvalue weighted by atomic mass is 10.1. The molecule has 0 radical (unpaired) electrons. The Balaban J connectivity index is 2.69. The average molecular weight is 348 g/mol. The summed E-state index contributed by atoms with van der Waals surface area (Å²) in [5.74, 6) is 0.0843. The van der Waals surface area contributed by atoms with Gasteiger partial charge in [-0.05, 0) is 51.4 Å². The second kappa shape index (κ2) is 10.2. The number of carbonyl (C=O) groups is 2. The van der Waals surface area contributed by atoms with Crippen molar-refractivity contribution in [2.24, 2.45) is 0 Å². The number of likely N-dealkylation sites (N-methyl/N-ethyl adjacent to an activating group) is 1. The fraction of sp³-hybridized carbons (Fsp3) is 0.600. The Bertz CT molecular complexity index is 547. The molecule has 0 fully saturated rings. The molecule has 0 unspecified atom stereocenters. The fourth-order valence-corrected chi connectivity index (χ4v) is 2.91. The Kier molecular flexibility index (Phi) is 8.62. The number of hydrogen-bond acceptors (Lipinski definition) is 3. The van der Waals surface area contributed by atoms with Crippen LogP contribution in [0.4, 0.5) is 0 Å². The van der Waals surface area contributed by atoms with Crippen molar-refractivity contribution < 1.29 is 9.59 Å². The zero-order valence-electron chi connectivity index (χ0n) is 16.5. The zero-order chi connectivity index (χ0) is 19.0. The normalized spacial score (nSPS) is 13.4. The lowest BCUT2D eigenvalue weighted by Crippen LogP contribution is -2.48. The molecule has 5 heteroatoms. The Hall–Kier alpha value is -1.88. The number of carbonyl (C=O) groups excluding carboxylic acids is 2. The molecule has 1 N–H and O–H groups in total. The van der Waals surface area contributed by atoms with Crippen molar-refractivity contribution in [3.8, 4) is 0 Å². The Morgan fingerprint density at radius 1 is 1.04 bits per heavy atom. The molecule has 0 aliphatic rings. The van der Waals surface area contributed by atoms with Crippen molar-refractivity contribution in [2.45, 2.75) is 59.2 Å². The maximum absolute atomic E-state index is 12.8. The van der Waals surface area contributed by atoms with Gasteiger partial charge in [-0.1, -0.05) is 26.0 Å². The van der Waals surface area contributed by atoms with E-state index in [0.717, 1.165) is 18.4 Å². The quantitative estimate of drug-likeness (QED) is 0.747. The van der Waals surface area contributed by atoms with Gasteiger partial charge >= 0.3 is 0 Å². The van der Waals surface area contributed by atoms with Crippen molar-refractivity contribution in [3.63, 3.8) is 0 Å². The topological polar surface area (TPSA) is 52.7 Å². The molecule has 0 aliphatic heterocycles. The third kappa shape index (κ3) is 6.16. The summed E-state index contributed by atoms with van der Waals surface area (Å²) in [7, 11) is 3.58. The molecule has 2 atom stereocenters. The first-order valence-corrected chi connectivity index (χ1v) is 9.14. The van der Waals surface area contributed by atoms with Gasteiger partial charge in [0.25, 0.3) is 5.91 Å². The van der Waals surface area contributed by atoms with E-state index in [9.17, 15) is 9.59 Å². The molecule has 0 heterocycles. The van der Waals surface area contributed by atoms with Crippen LogP contribution in [0, 0.1) is 0 Å².